The molecule has 0 spiro atoms. The Bertz CT molecular complexity index is 667. The standard InChI is InChI=1S/C17H17NO/c1-13-6-8-15(9-7-13)19-11-10-14-12-18-17-5-3-2-4-16(14)17/h2-9,12,18H,10-11H2,1H3. The number of fused-ring (bicyclic) bond motifs is 1. The van der Waals surface area contributed by atoms with Crippen molar-refractivity contribution < 1.29 is 4.74 Å². The summed E-state index contributed by atoms with van der Waals surface area (Å²) >= 11 is 0. The van der Waals surface area contributed by atoms with Crippen LogP contribution in [0.3, 0.4) is 0 Å². The number of para-hydroxylation sites is 1. The molecule has 0 atom stereocenters. The maximum Gasteiger partial charge on any atom is 0.119 e. The van der Waals surface area contributed by atoms with E-state index in [1.54, 1.807) is 0 Å². The highest BCUT2D eigenvalue weighted by Crippen LogP contribution is 2.18. The number of ether oxygens (including phenoxy) is 1. The van der Waals surface area contributed by atoms with Crippen molar-refractivity contribution in [2.24, 2.45) is 0 Å². The van der Waals surface area contributed by atoms with Crippen molar-refractivity contribution in [2.45, 2.75) is 13.3 Å². The SMILES string of the molecule is Cc1ccc(OCCc2c[nH]c3ccccc23)cc1. The number of rotatable bonds is 4. The highest BCUT2D eigenvalue weighted by molar-refractivity contribution is 5.83. The predicted molar refractivity (Wildman–Crippen MR) is 78.7 cm³/mol. The van der Waals surface area contributed by atoms with Crippen LogP contribution >= 0.6 is 0 Å². The first kappa shape index (κ1) is 11.8. The zero-order valence-corrected chi connectivity index (χ0v) is 11.0. The molecular weight excluding hydrogens is 234 g/mol. The summed E-state index contributed by atoms with van der Waals surface area (Å²) in [6.07, 6.45) is 2.99. The highest BCUT2D eigenvalue weighted by Gasteiger charge is 2.02. The first-order valence-electron chi connectivity index (χ1n) is 6.57. The van der Waals surface area contributed by atoms with Crippen LogP contribution in [0.5, 0.6) is 5.75 Å². The molecule has 0 radical (unpaired) electrons. The monoisotopic (exact) mass is 251 g/mol. The molecule has 0 unspecified atom stereocenters. The quantitative estimate of drug-likeness (QED) is 0.742. The number of H-pyrrole nitrogens is 1. The lowest BCUT2D eigenvalue weighted by Gasteiger charge is -2.05. The van der Waals surface area contributed by atoms with Gasteiger partial charge in [0.15, 0.2) is 0 Å². The molecular formula is C17H17NO. The van der Waals surface area contributed by atoms with Gasteiger partial charge in [-0.1, -0.05) is 35.9 Å². The van der Waals surface area contributed by atoms with Crippen LogP contribution in [0, 0.1) is 6.92 Å². The molecule has 0 fully saturated rings. The summed E-state index contributed by atoms with van der Waals surface area (Å²) in [5.74, 6) is 0.936. The molecule has 1 N–H and O–H groups in total. The summed E-state index contributed by atoms with van der Waals surface area (Å²) in [4.78, 5) is 3.29. The third kappa shape index (κ3) is 2.63. The van der Waals surface area contributed by atoms with Crippen molar-refractivity contribution in [3.8, 4) is 5.75 Å². The molecule has 2 nitrogen and oxygen atoms in total. The smallest absolute Gasteiger partial charge is 0.119 e. The lowest BCUT2D eigenvalue weighted by atomic mass is 10.1. The number of benzene rings is 2. The second-order valence-electron chi connectivity index (χ2n) is 4.77. The van der Waals surface area contributed by atoms with Gasteiger partial charge in [-0.05, 0) is 30.7 Å². The topological polar surface area (TPSA) is 25.0 Å². The van der Waals surface area contributed by atoms with E-state index in [-0.39, 0.29) is 0 Å². The van der Waals surface area contributed by atoms with E-state index in [9.17, 15) is 0 Å². The first-order chi connectivity index (χ1) is 9.33. The summed E-state index contributed by atoms with van der Waals surface area (Å²) in [5.41, 5.74) is 3.75. The Morgan fingerprint density at radius 2 is 1.79 bits per heavy atom. The minimum Gasteiger partial charge on any atom is -0.493 e. The van der Waals surface area contributed by atoms with Gasteiger partial charge in [0.1, 0.15) is 5.75 Å². The summed E-state index contributed by atoms with van der Waals surface area (Å²) in [6, 6.07) is 16.5. The molecule has 0 amide bonds. The third-order valence-electron chi connectivity index (χ3n) is 3.34. The van der Waals surface area contributed by atoms with Crippen LogP contribution in [-0.4, -0.2) is 11.6 Å². The number of aryl methyl sites for hydroxylation is 1. The van der Waals surface area contributed by atoms with Gasteiger partial charge in [-0.2, -0.15) is 0 Å². The molecule has 0 saturated heterocycles. The van der Waals surface area contributed by atoms with E-state index in [0.717, 1.165) is 12.2 Å². The zero-order chi connectivity index (χ0) is 13.1. The lowest BCUT2D eigenvalue weighted by Crippen LogP contribution is -2.00. The van der Waals surface area contributed by atoms with Crippen LogP contribution in [0.15, 0.2) is 54.7 Å². The Labute approximate surface area is 113 Å². The Morgan fingerprint density at radius 1 is 1.00 bits per heavy atom. The van der Waals surface area contributed by atoms with Crippen molar-refractivity contribution in [1.29, 1.82) is 0 Å². The third-order valence-corrected chi connectivity index (χ3v) is 3.34. The fraction of sp³-hybridized carbons (Fsp3) is 0.176. The Morgan fingerprint density at radius 3 is 2.63 bits per heavy atom. The van der Waals surface area contributed by atoms with Crippen molar-refractivity contribution in [2.75, 3.05) is 6.61 Å². The van der Waals surface area contributed by atoms with Gasteiger partial charge in [-0.3, -0.25) is 0 Å². The van der Waals surface area contributed by atoms with Gasteiger partial charge in [0.2, 0.25) is 0 Å². The molecule has 0 aliphatic rings. The van der Waals surface area contributed by atoms with E-state index >= 15 is 0 Å². The van der Waals surface area contributed by atoms with Crippen molar-refractivity contribution in [3.63, 3.8) is 0 Å². The molecule has 3 aromatic rings. The molecule has 1 heterocycles. The summed E-state index contributed by atoms with van der Waals surface area (Å²) < 4.78 is 5.77. The average molecular weight is 251 g/mol. The van der Waals surface area contributed by atoms with E-state index < -0.39 is 0 Å². The first-order valence-corrected chi connectivity index (χ1v) is 6.57. The van der Waals surface area contributed by atoms with Gasteiger partial charge in [-0.25, -0.2) is 0 Å². The van der Waals surface area contributed by atoms with Gasteiger partial charge in [0.05, 0.1) is 6.61 Å². The van der Waals surface area contributed by atoms with Crippen LogP contribution in [0.2, 0.25) is 0 Å². The Balaban J connectivity index is 1.65. The molecule has 2 heteroatoms. The maximum atomic E-state index is 5.77. The van der Waals surface area contributed by atoms with Crippen LogP contribution in [0.4, 0.5) is 0 Å². The molecule has 0 saturated carbocycles. The van der Waals surface area contributed by atoms with Crippen molar-refractivity contribution in [3.05, 3.63) is 65.9 Å². The highest BCUT2D eigenvalue weighted by atomic mass is 16.5. The number of hydrogen-bond donors (Lipinski definition) is 1. The largest absolute Gasteiger partial charge is 0.493 e. The van der Waals surface area contributed by atoms with Gasteiger partial charge in [-0.15, -0.1) is 0 Å². The Kier molecular flexibility index (Phi) is 3.23. The van der Waals surface area contributed by atoms with Crippen molar-refractivity contribution in [1.82, 2.24) is 4.98 Å². The molecule has 0 bridgehead atoms. The van der Waals surface area contributed by atoms with Gasteiger partial charge < -0.3 is 9.72 Å². The number of aromatic nitrogens is 1. The van der Waals surface area contributed by atoms with E-state index in [1.165, 1.54) is 22.0 Å². The van der Waals surface area contributed by atoms with E-state index in [2.05, 4.69) is 48.4 Å². The molecule has 3 rings (SSSR count). The second-order valence-corrected chi connectivity index (χ2v) is 4.77. The van der Waals surface area contributed by atoms with Crippen LogP contribution in [0.1, 0.15) is 11.1 Å². The van der Waals surface area contributed by atoms with Crippen molar-refractivity contribution >= 4 is 10.9 Å². The summed E-state index contributed by atoms with van der Waals surface area (Å²) in [5, 5.41) is 1.29. The minimum absolute atomic E-state index is 0.699. The van der Waals surface area contributed by atoms with E-state index in [1.807, 2.05) is 18.2 Å². The average Bonchev–Trinajstić information content (AvgIpc) is 2.85. The number of aromatic amines is 1. The summed E-state index contributed by atoms with van der Waals surface area (Å²) in [6.45, 7) is 2.78. The maximum absolute atomic E-state index is 5.77. The van der Waals surface area contributed by atoms with Crippen LogP contribution < -0.4 is 4.74 Å². The second kappa shape index (κ2) is 5.19. The van der Waals surface area contributed by atoms with E-state index in [4.69, 9.17) is 4.74 Å². The number of nitrogens with one attached hydrogen (secondary N) is 1. The van der Waals surface area contributed by atoms with Gasteiger partial charge >= 0.3 is 0 Å². The van der Waals surface area contributed by atoms with Crippen LogP contribution in [0.25, 0.3) is 10.9 Å². The molecule has 0 aliphatic heterocycles. The minimum atomic E-state index is 0.699. The molecule has 2 aromatic carbocycles. The molecule has 19 heavy (non-hydrogen) atoms. The van der Waals surface area contributed by atoms with E-state index in [0.29, 0.717) is 6.61 Å². The fourth-order valence-corrected chi connectivity index (χ4v) is 2.25. The van der Waals surface area contributed by atoms with Gasteiger partial charge in [0.25, 0.3) is 0 Å². The molecule has 96 valence electrons. The summed E-state index contributed by atoms with van der Waals surface area (Å²) in [7, 11) is 0. The molecule has 0 aliphatic carbocycles. The Hall–Kier alpha value is -2.22. The normalized spacial score (nSPS) is 10.8. The zero-order valence-electron chi connectivity index (χ0n) is 11.0. The predicted octanol–water partition coefficient (Wildman–Crippen LogP) is 4.10. The lowest BCUT2D eigenvalue weighted by molar-refractivity contribution is 0.322. The van der Waals surface area contributed by atoms with Crippen LogP contribution in [-0.2, 0) is 6.42 Å². The number of hydrogen-bond acceptors (Lipinski definition) is 1. The molecule has 1 aromatic heterocycles. The fourth-order valence-electron chi connectivity index (χ4n) is 2.25. The van der Waals surface area contributed by atoms with Gasteiger partial charge in [0, 0.05) is 23.5 Å².